The Kier molecular flexibility index (Phi) is 4.38. The first-order valence-corrected chi connectivity index (χ1v) is 6.84. The molecule has 1 atom stereocenters. The molecule has 3 nitrogen and oxygen atoms in total. The van der Waals surface area contributed by atoms with Gasteiger partial charge in [-0.1, -0.05) is 23.8 Å². The molecule has 0 spiro atoms. The van der Waals surface area contributed by atoms with E-state index in [1.165, 1.54) is 16.7 Å². The predicted octanol–water partition coefficient (Wildman–Crippen LogP) is 2.67. The second kappa shape index (κ2) is 6.02. The highest BCUT2D eigenvalue weighted by molar-refractivity contribution is 5.31. The van der Waals surface area contributed by atoms with Gasteiger partial charge in [-0.3, -0.25) is 4.68 Å². The van der Waals surface area contributed by atoms with Gasteiger partial charge in [-0.05, 0) is 43.9 Å². The van der Waals surface area contributed by atoms with Crippen LogP contribution in [0.15, 0.2) is 30.6 Å². The molecule has 0 aliphatic rings. The van der Waals surface area contributed by atoms with Gasteiger partial charge >= 0.3 is 0 Å². The molecule has 0 aliphatic carbocycles. The number of aliphatic hydroxyl groups is 1. The van der Waals surface area contributed by atoms with Crippen LogP contribution in [0.1, 0.15) is 29.2 Å². The molecule has 2 aromatic rings. The number of hydrogen-bond donors (Lipinski definition) is 1. The van der Waals surface area contributed by atoms with Crippen molar-refractivity contribution < 1.29 is 5.11 Å². The Bertz CT molecular complexity index is 545. The van der Waals surface area contributed by atoms with E-state index in [1.807, 2.05) is 17.1 Å². The molecule has 0 aliphatic heterocycles. The molecule has 1 heterocycles. The molecule has 0 amide bonds. The highest BCUT2D eigenvalue weighted by Gasteiger charge is 2.10. The molecule has 1 aromatic heterocycles. The van der Waals surface area contributed by atoms with Crippen molar-refractivity contribution in [3.8, 4) is 0 Å². The Labute approximate surface area is 114 Å². The average Bonchev–Trinajstić information content (AvgIpc) is 2.81. The number of aromatic nitrogens is 2. The van der Waals surface area contributed by atoms with Gasteiger partial charge in [0.15, 0.2) is 0 Å². The van der Waals surface area contributed by atoms with Gasteiger partial charge in [0.1, 0.15) is 0 Å². The van der Waals surface area contributed by atoms with E-state index in [-0.39, 0.29) is 6.10 Å². The molecule has 2 rings (SSSR count). The fourth-order valence-electron chi connectivity index (χ4n) is 2.30. The van der Waals surface area contributed by atoms with Crippen LogP contribution in [0.3, 0.4) is 0 Å². The lowest BCUT2D eigenvalue weighted by Crippen LogP contribution is -2.14. The smallest absolute Gasteiger partial charge is 0.0622 e. The van der Waals surface area contributed by atoms with E-state index in [4.69, 9.17) is 0 Å². The summed E-state index contributed by atoms with van der Waals surface area (Å²) >= 11 is 0. The summed E-state index contributed by atoms with van der Waals surface area (Å²) in [7, 11) is 0. The molecule has 102 valence electrons. The molecule has 0 saturated heterocycles. The number of aliphatic hydroxyl groups excluding tert-OH is 1. The van der Waals surface area contributed by atoms with Crippen LogP contribution in [-0.4, -0.2) is 21.0 Å². The quantitative estimate of drug-likeness (QED) is 0.895. The molecule has 1 unspecified atom stereocenters. The van der Waals surface area contributed by atoms with E-state index >= 15 is 0 Å². The van der Waals surface area contributed by atoms with Gasteiger partial charge in [-0.2, -0.15) is 5.10 Å². The van der Waals surface area contributed by atoms with E-state index in [1.54, 1.807) is 0 Å². The van der Waals surface area contributed by atoms with Gasteiger partial charge in [-0.15, -0.1) is 0 Å². The van der Waals surface area contributed by atoms with Gasteiger partial charge in [0.25, 0.3) is 0 Å². The molecule has 3 heteroatoms. The fraction of sp³-hybridized carbons (Fsp3) is 0.438. The van der Waals surface area contributed by atoms with E-state index in [9.17, 15) is 5.11 Å². The number of rotatable bonds is 5. The van der Waals surface area contributed by atoms with Crippen molar-refractivity contribution in [3.05, 3.63) is 52.8 Å². The van der Waals surface area contributed by atoms with Crippen LogP contribution < -0.4 is 0 Å². The lowest BCUT2D eigenvalue weighted by Gasteiger charge is -2.12. The SMILES string of the molecule is CCn1cc(CC(O)Cc2cc(C)ccc2C)cn1. The molecule has 1 N–H and O–H groups in total. The molecule has 0 fully saturated rings. The van der Waals surface area contributed by atoms with Gasteiger partial charge in [0, 0.05) is 19.2 Å². The minimum atomic E-state index is -0.352. The average molecular weight is 258 g/mol. The molecule has 1 aromatic carbocycles. The predicted molar refractivity (Wildman–Crippen MR) is 77.2 cm³/mol. The summed E-state index contributed by atoms with van der Waals surface area (Å²) in [5.74, 6) is 0. The first-order valence-electron chi connectivity index (χ1n) is 6.84. The van der Waals surface area contributed by atoms with E-state index in [2.05, 4.69) is 44.1 Å². The van der Waals surface area contributed by atoms with Crippen LogP contribution in [0.4, 0.5) is 0 Å². The number of hydrogen-bond acceptors (Lipinski definition) is 2. The Morgan fingerprint density at radius 1 is 1.26 bits per heavy atom. The Morgan fingerprint density at radius 2 is 2.05 bits per heavy atom. The van der Waals surface area contributed by atoms with Crippen LogP contribution in [0.5, 0.6) is 0 Å². The van der Waals surface area contributed by atoms with Crippen molar-refractivity contribution in [1.82, 2.24) is 9.78 Å². The Morgan fingerprint density at radius 3 is 2.74 bits per heavy atom. The van der Waals surface area contributed by atoms with Gasteiger partial charge < -0.3 is 5.11 Å². The highest BCUT2D eigenvalue weighted by atomic mass is 16.3. The summed E-state index contributed by atoms with van der Waals surface area (Å²) in [5, 5.41) is 14.4. The minimum Gasteiger partial charge on any atom is -0.392 e. The van der Waals surface area contributed by atoms with Gasteiger partial charge in [0.05, 0.1) is 12.3 Å². The summed E-state index contributed by atoms with van der Waals surface area (Å²) < 4.78 is 1.89. The van der Waals surface area contributed by atoms with Gasteiger partial charge in [0.2, 0.25) is 0 Å². The zero-order valence-corrected chi connectivity index (χ0v) is 11.9. The molecular weight excluding hydrogens is 236 g/mol. The molecule has 0 radical (unpaired) electrons. The van der Waals surface area contributed by atoms with Crippen LogP contribution in [0, 0.1) is 13.8 Å². The van der Waals surface area contributed by atoms with E-state index < -0.39 is 0 Å². The maximum absolute atomic E-state index is 10.2. The zero-order valence-electron chi connectivity index (χ0n) is 11.9. The third-order valence-electron chi connectivity index (χ3n) is 3.44. The summed E-state index contributed by atoms with van der Waals surface area (Å²) in [4.78, 5) is 0. The Hall–Kier alpha value is -1.61. The van der Waals surface area contributed by atoms with Crippen molar-refractivity contribution in [2.24, 2.45) is 0 Å². The topological polar surface area (TPSA) is 38.0 Å². The normalized spacial score (nSPS) is 12.6. The van der Waals surface area contributed by atoms with Crippen LogP contribution in [0.2, 0.25) is 0 Å². The maximum Gasteiger partial charge on any atom is 0.0622 e. The van der Waals surface area contributed by atoms with Crippen molar-refractivity contribution >= 4 is 0 Å². The molecule has 0 bridgehead atoms. The third kappa shape index (κ3) is 3.67. The van der Waals surface area contributed by atoms with Crippen LogP contribution >= 0.6 is 0 Å². The van der Waals surface area contributed by atoms with Crippen molar-refractivity contribution in [3.63, 3.8) is 0 Å². The van der Waals surface area contributed by atoms with E-state index in [0.717, 1.165) is 12.1 Å². The molecule has 19 heavy (non-hydrogen) atoms. The zero-order chi connectivity index (χ0) is 13.8. The van der Waals surface area contributed by atoms with Crippen molar-refractivity contribution in [1.29, 1.82) is 0 Å². The van der Waals surface area contributed by atoms with Gasteiger partial charge in [-0.25, -0.2) is 0 Å². The van der Waals surface area contributed by atoms with Crippen LogP contribution in [-0.2, 0) is 19.4 Å². The Balaban J connectivity index is 2.00. The summed E-state index contributed by atoms with van der Waals surface area (Å²) in [5.41, 5.74) is 4.82. The fourth-order valence-corrected chi connectivity index (χ4v) is 2.30. The van der Waals surface area contributed by atoms with Crippen molar-refractivity contribution in [2.45, 2.75) is 46.3 Å². The molecular formula is C16H22N2O. The summed E-state index contributed by atoms with van der Waals surface area (Å²) in [6.07, 6.45) is 4.86. The third-order valence-corrected chi connectivity index (χ3v) is 3.44. The molecule has 0 saturated carbocycles. The number of benzene rings is 1. The summed E-state index contributed by atoms with van der Waals surface area (Å²) in [6.45, 7) is 7.10. The largest absolute Gasteiger partial charge is 0.392 e. The number of nitrogens with zero attached hydrogens (tertiary/aromatic N) is 2. The first-order chi connectivity index (χ1) is 9.08. The van der Waals surface area contributed by atoms with Crippen LogP contribution in [0.25, 0.3) is 0 Å². The lowest BCUT2D eigenvalue weighted by molar-refractivity contribution is 0.175. The first kappa shape index (κ1) is 13.8. The minimum absolute atomic E-state index is 0.352. The highest BCUT2D eigenvalue weighted by Crippen LogP contribution is 2.14. The maximum atomic E-state index is 10.2. The summed E-state index contributed by atoms with van der Waals surface area (Å²) in [6, 6.07) is 6.39. The number of aryl methyl sites for hydroxylation is 3. The standard InChI is InChI=1S/C16H22N2O/c1-4-18-11-14(10-17-18)8-16(19)9-15-7-12(2)5-6-13(15)3/h5-7,10-11,16,19H,4,8-9H2,1-3H3. The van der Waals surface area contributed by atoms with E-state index in [0.29, 0.717) is 12.8 Å². The second-order valence-corrected chi connectivity index (χ2v) is 5.20. The monoisotopic (exact) mass is 258 g/mol. The second-order valence-electron chi connectivity index (χ2n) is 5.20. The lowest BCUT2D eigenvalue weighted by atomic mass is 9.98. The van der Waals surface area contributed by atoms with Crippen molar-refractivity contribution in [2.75, 3.05) is 0 Å².